The molecule has 2 amide bonds. The Morgan fingerprint density at radius 1 is 0.760 bits per heavy atom. The molecule has 4 nitrogen and oxygen atoms in total. The molecule has 1 saturated carbocycles. The van der Waals surface area contributed by atoms with Crippen molar-refractivity contribution in [2.75, 3.05) is 10.2 Å². The van der Waals surface area contributed by atoms with Gasteiger partial charge < -0.3 is 5.32 Å². The zero-order valence-corrected chi connectivity index (χ0v) is 13.6. The minimum absolute atomic E-state index is 0.0318. The van der Waals surface area contributed by atoms with Crippen molar-refractivity contribution in [2.45, 2.75) is 6.42 Å². The Hall–Kier alpha value is -2.88. The van der Waals surface area contributed by atoms with Gasteiger partial charge in [0.1, 0.15) is 0 Å². The lowest BCUT2D eigenvalue weighted by molar-refractivity contribution is -0.123. The second-order valence-corrected chi connectivity index (χ2v) is 7.05. The second-order valence-electron chi connectivity index (χ2n) is 7.05. The van der Waals surface area contributed by atoms with Gasteiger partial charge in [-0.25, -0.2) is 0 Å². The third kappa shape index (κ3) is 2.14. The number of imide groups is 1. The molecule has 1 aliphatic heterocycles. The number of allylic oxidation sites excluding steroid dienone is 2. The van der Waals surface area contributed by atoms with Crippen molar-refractivity contribution in [3.63, 3.8) is 0 Å². The molecule has 25 heavy (non-hydrogen) atoms. The summed E-state index contributed by atoms with van der Waals surface area (Å²) in [5.74, 6) is 0.131. The first kappa shape index (κ1) is 14.5. The van der Waals surface area contributed by atoms with E-state index in [1.165, 1.54) is 4.90 Å². The number of carbonyl (C=O) groups excluding carboxylic acids is 2. The molecule has 1 heterocycles. The second kappa shape index (κ2) is 5.31. The van der Waals surface area contributed by atoms with Crippen LogP contribution in [0.25, 0.3) is 0 Å². The molecule has 0 unspecified atom stereocenters. The van der Waals surface area contributed by atoms with Crippen LogP contribution in [0.4, 0.5) is 17.1 Å². The van der Waals surface area contributed by atoms with Crippen LogP contribution in [0.2, 0.25) is 0 Å². The van der Waals surface area contributed by atoms with E-state index in [4.69, 9.17) is 0 Å². The first-order valence-corrected chi connectivity index (χ1v) is 8.70. The molecule has 124 valence electrons. The van der Waals surface area contributed by atoms with Gasteiger partial charge in [0.15, 0.2) is 0 Å². The van der Waals surface area contributed by atoms with Gasteiger partial charge in [0, 0.05) is 11.4 Å². The van der Waals surface area contributed by atoms with Crippen LogP contribution in [-0.2, 0) is 9.59 Å². The zero-order valence-electron chi connectivity index (χ0n) is 13.6. The van der Waals surface area contributed by atoms with E-state index in [-0.39, 0.29) is 35.5 Å². The number of nitrogens with one attached hydrogen (secondary N) is 1. The summed E-state index contributed by atoms with van der Waals surface area (Å²) in [6.45, 7) is 0. The van der Waals surface area contributed by atoms with Gasteiger partial charge >= 0.3 is 0 Å². The maximum atomic E-state index is 12.8. The molecule has 1 saturated heterocycles. The molecule has 0 aromatic heterocycles. The zero-order chi connectivity index (χ0) is 17.0. The highest BCUT2D eigenvalue weighted by Crippen LogP contribution is 2.53. The summed E-state index contributed by atoms with van der Waals surface area (Å²) in [7, 11) is 0. The number of anilines is 3. The minimum atomic E-state index is -0.148. The van der Waals surface area contributed by atoms with Crippen molar-refractivity contribution in [3.05, 3.63) is 66.7 Å². The molecule has 2 fully saturated rings. The van der Waals surface area contributed by atoms with Crippen molar-refractivity contribution in [3.8, 4) is 0 Å². The molecule has 4 atom stereocenters. The average molecular weight is 330 g/mol. The van der Waals surface area contributed by atoms with Crippen molar-refractivity contribution in [1.29, 1.82) is 0 Å². The number of carbonyl (C=O) groups is 2. The number of benzene rings is 2. The number of hydrogen-bond donors (Lipinski definition) is 1. The predicted molar refractivity (Wildman–Crippen MR) is 96.4 cm³/mol. The molecule has 5 rings (SSSR count). The molecular weight excluding hydrogens is 312 g/mol. The predicted octanol–water partition coefficient (Wildman–Crippen LogP) is 3.74. The monoisotopic (exact) mass is 330 g/mol. The summed E-state index contributed by atoms with van der Waals surface area (Å²) in [5.41, 5.74) is 2.60. The first-order chi connectivity index (χ1) is 12.2. The van der Waals surface area contributed by atoms with Gasteiger partial charge in [-0.05, 0) is 54.7 Å². The molecule has 1 N–H and O–H groups in total. The van der Waals surface area contributed by atoms with E-state index in [0.717, 1.165) is 17.8 Å². The third-order valence-corrected chi connectivity index (χ3v) is 5.66. The number of fused-ring (bicyclic) bond motifs is 5. The average Bonchev–Trinajstić information content (AvgIpc) is 3.31. The van der Waals surface area contributed by atoms with Gasteiger partial charge in [-0.15, -0.1) is 0 Å². The van der Waals surface area contributed by atoms with Crippen LogP contribution in [0.15, 0.2) is 66.7 Å². The van der Waals surface area contributed by atoms with E-state index in [0.29, 0.717) is 5.69 Å². The molecule has 2 aliphatic carbocycles. The van der Waals surface area contributed by atoms with Gasteiger partial charge in [-0.3, -0.25) is 14.5 Å². The fourth-order valence-electron chi connectivity index (χ4n) is 4.54. The smallest absolute Gasteiger partial charge is 0.238 e. The fourth-order valence-corrected chi connectivity index (χ4v) is 4.54. The molecule has 2 bridgehead atoms. The summed E-state index contributed by atoms with van der Waals surface area (Å²) in [4.78, 5) is 27.0. The van der Waals surface area contributed by atoms with Crippen LogP contribution in [-0.4, -0.2) is 11.8 Å². The van der Waals surface area contributed by atoms with Crippen LogP contribution in [0.3, 0.4) is 0 Å². The standard InChI is InChI=1S/C21H18N2O2/c24-20-18-13-6-7-14(12-13)19(18)21(25)23(20)17-10-8-16(9-11-17)22-15-4-2-1-3-5-15/h1-11,13-14,18-19,22H,12H2/t13-,14+,18-,19-/m0/s1. The topological polar surface area (TPSA) is 49.4 Å². The molecule has 4 heteroatoms. The van der Waals surface area contributed by atoms with Crippen molar-refractivity contribution in [2.24, 2.45) is 23.7 Å². The van der Waals surface area contributed by atoms with E-state index >= 15 is 0 Å². The summed E-state index contributed by atoms with van der Waals surface area (Å²) in [5, 5.41) is 3.31. The lowest BCUT2D eigenvalue weighted by Crippen LogP contribution is -2.32. The van der Waals surface area contributed by atoms with Crippen molar-refractivity contribution in [1.82, 2.24) is 0 Å². The Labute approximate surface area is 146 Å². The van der Waals surface area contributed by atoms with Gasteiger partial charge in [0.25, 0.3) is 0 Å². The molecule has 0 spiro atoms. The molecule has 2 aromatic carbocycles. The van der Waals surface area contributed by atoms with Crippen LogP contribution in [0.5, 0.6) is 0 Å². The number of nitrogens with zero attached hydrogens (tertiary/aromatic N) is 1. The van der Waals surface area contributed by atoms with E-state index in [9.17, 15) is 9.59 Å². The van der Waals surface area contributed by atoms with Crippen LogP contribution in [0.1, 0.15) is 6.42 Å². The summed E-state index contributed by atoms with van der Waals surface area (Å²) < 4.78 is 0. The SMILES string of the molecule is O=C1[C@@H]2[C@@H](C(=O)N1c1ccc(Nc3ccccc3)cc1)[C@H]1C=C[C@@H]2C1. The number of rotatable bonds is 3. The number of amides is 2. The van der Waals surface area contributed by atoms with Crippen LogP contribution in [0, 0.1) is 23.7 Å². The molecule has 0 radical (unpaired) electrons. The van der Waals surface area contributed by atoms with Crippen LogP contribution >= 0.6 is 0 Å². The summed E-state index contributed by atoms with van der Waals surface area (Å²) in [6, 6.07) is 17.4. The highest BCUT2D eigenvalue weighted by Gasteiger charge is 2.59. The minimum Gasteiger partial charge on any atom is -0.356 e. The van der Waals surface area contributed by atoms with E-state index in [1.807, 2.05) is 54.6 Å². The van der Waals surface area contributed by atoms with Gasteiger partial charge in [0.2, 0.25) is 11.8 Å². The first-order valence-electron chi connectivity index (χ1n) is 8.70. The Bertz CT molecular complexity index is 843. The highest BCUT2D eigenvalue weighted by molar-refractivity contribution is 6.22. The van der Waals surface area contributed by atoms with Crippen molar-refractivity contribution >= 4 is 28.9 Å². The van der Waals surface area contributed by atoms with Gasteiger partial charge in [-0.2, -0.15) is 0 Å². The lowest BCUT2D eigenvalue weighted by Gasteiger charge is -2.18. The Balaban J connectivity index is 1.39. The van der Waals surface area contributed by atoms with E-state index in [2.05, 4.69) is 17.5 Å². The summed E-state index contributed by atoms with van der Waals surface area (Å²) in [6.07, 6.45) is 5.20. The number of hydrogen-bond acceptors (Lipinski definition) is 3. The molecular formula is C21H18N2O2. The third-order valence-electron chi connectivity index (χ3n) is 5.66. The van der Waals surface area contributed by atoms with Gasteiger partial charge in [0.05, 0.1) is 17.5 Å². The van der Waals surface area contributed by atoms with E-state index in [1.54, 1.807) is 0 Å². The quantitative estimate of drug-likeness (QED) is 0.689. The Morgan fingerprint density at radius 3 is 1.92 bits per heavy atom. The highest BCUT2D eigenvalue weighted by atomic mass is 16.2. The van der Waals surface area contributed by atoms with E-state index < -0.39 is 0 Å². The Morgan fingerprint density at radius 2 is 1.32 bits per heavy atom. The Kier molecular flexibility index (Phi) is 3.07. The van der Waals surface area contributed by atoms with Gasteiger partial charge in [-0.1, -0.05) is 30.4 Å². The van der Waals surface area contributed by atoms with Crippen molar-refractivity contribution < 1.29 is 9.59 Å². The normalized spacial score (nSPS) is 29.4. The lowest BCUT2D eigenvalue weighted by atomic mass is 9.85. The fraction of sp³-hybridized carbons (Fsp3) is 0.238. The molecule has 3 aliphatic rings. The maximum absolute atomic E-state index is 12.8. The summed E-state index contributed by atoms with van der Waals surface area (Å²) >= 11 is 0. The van der Waals surface area contributed by atoms with Crippen LogP contribution < -0.4 is 10.2 Å². The molecule has 2 aromatic rings. The number of para-hydroxylation sites is 1. The largest absolute Gasteiger partial charge is 0.356 e. The maximum Gasteiger partial charge on any atom is 0.238 e.